The topological polar surface area (TPSA) is 78.4 Å². The van der Waals surface area contributed by atoms with Gasteiger partial charge in [0.25, 0.3) is 0 Å². The Morgan fingerprint density at radius 3 is 2.69 bits per heavy atom. The number of benzene rings is 1. The fourth-order valence-electron chi connectivity index (χ4n) is 3.21. The van der Waals surface area contributed by atoms with Crippen molar-refractivity contribution >= 4 is 0 Å². The Labute approximate surface area is 155 Å². The first kappa shape index (κ1) is 18.8. The molecule has 7 heteroatoms. The second-order valence-corrected chi connectivity index (χ2v) is 6.54. The van der Waals surface area contributed by atoms with Crippen molar-refractivity contribution in [1.82, 2.24) is 19.7 Å². The van der Waals surface area contributed by atoms with Crippen molar-refractivity contribution in [3.8, 4) is 6.01 Å². The smallest absolute Gasteiger partial charge is 0.316 e. The van der Waals surface area contributed by atoms with Gasteiger partial charge in [-0.3, -0.25) is 9.47 Å². The molecule has 0 bridgehead atoms. The summed E-state index contributed by atoms with van der Waals surface area (Å²) >= 11 is 0. The number of rotatable bonds is 9. The molecule has 2 heterocycles. The molecular weight excluding hydrogens is 330 g/mol. The van der Waals surface area contributed by atoms with Crippen LogP contribution in [0.2, 0.25) is 0 Å². The van der Waals surface area contributed by atoms with Gasteiger partial charge in [-0.2, -0.15) is 0 Å². The summed E-state index contributed by atoms with van der Waals surface area (Å²) in [7, 11) is 0. The molecule has 3 rings (SSSR count). The third-order valence-corrected chi connectivity index (χ3v) is 4.65. The monoisotopic (exact) mass is 359 g/mol. The number of nitrogens with zero attached hydrogens (tertiary/aromatic N) is 4. The van der Waals surface area contributed by atoms with Crippen LogP contribution < -0.4 is 10.5 Å². The normalized spacial score (nSPS) is 16.5. The van der Waals surface area contributed by atoms with Crippen LogP contribution in [0.25, 0.3) is 0 Å². The maximum Gasteiger partial charge on any atom is 0.316 e. The van der Waals surface area contributed by atoms with Gasteiger partial charge in [-0.05, 0) is 25.3 Å². The molecule has 1 fully saturated rings. The fraction of sp³-hybridized carbons (Fsp3) is 0.579. The van der Waals surface area contributed by atoms with Gasteiger partial charge in [-0.25, -0.2) is 0 Å². The molecule has 1 aliphatic rings. The van der Waals surface area contributed by atoms with E-state index >= 15 is 0 Å². The lowest BCUT2D eigenvalue weighted by Crippen LogP contribution is -2.37. The van der Waals surface area contributed by atoms with E-state index in [2.05, 4.69) is 34.2 Å². The summed E-state index contributed by atoms with van der Waals surface area (Å²) in [6.07, 6.45) is 1.69. The Balaban J connectivity index is 1.52. The zero-order chi connectivity index (χ0) is 18.2. The summed E-state index contributed by atoms with van der Waals surface area (Å²) < 4.78 is 13.2. The Kier molecular flexibility index (Phi) is 6.99. The lowest BCUT2D eigenvalue weighted by Gasteiger charge is -2.26. The van der Waals surface area contributed by atoms with Gasteiger partial charge < -0.3 is 15.2 Å². The van der Waals surface area contributed by atoms with Crippen LogP contribution in [0, 0.1) is 0 Å². The number of nitrogens with two attached hydrogens (primary N) is 1. The Morgan fingerprint density at radius 2 is 1.96 bits per heavy atom. The first-order valence-electron chi connectivity index (χ1n) is 9.43. The van der Waals surface area contributed by atoms with Gasteiger partial charge in [0.15, 0.2) is 5.82 Å². The van der Waals surface area contributed by atoms with Gasteiger partial charge in [0, 0.05) is 26.2 Å². The van der Waals surface area contributed by atoms with E-state index in [1.165, 1.54) is 5.56 Å². The third-order valence-electron chi connectivity index (χ3n) is 4.65. The highest BCUT2D eigenvalue weighted by atomic mass is 16.5. The molecule has 0 saturated carbocycles. The molecule has 1 aromatic carbocycles. The van der Waals surface area contributed by atoms with Crippen LogP contribution in [-0.4, -0.2) is 59.1 Å². The van der Waals surface area contributed by atoms with Crippen molar-refractivity contribution in [3.05, 3.63) is 41.7 Å². The summed E-state index contributed by atoms with van der Waals surface area (Å²) in [5.41, 5.74) is 7.56. The highest BCUT2D eigenvalue weighted by Crippen LogP contribution is 2.19. The first-order valence-corrected chi connectivity index (χ1v) is 9.43. The van der Waals surface area contributed by atoms with Gasteiger partial charge >= 0.3 is 6.01 Å². The van der Waals surface area contributed by atoms with E-state index in [1.807, 2.05) is 22.8 Å². The highest BCUT2D eigenvalue weighted by molar-refractivity contribution is 5.18. The lowest BCUT2D eigenvalue weighted by molar-refractivity contribution is 0.0355. The highest BCUT2D eigenvalue weighted by Gasteiger charge is 2.18. The maximum absolute atomic E-state index is 6.37. The molecule has 1 atom stereocenters. The Morgan fingerprint density at radius 1 is 1.19 bits per heavy atom. The number of morpholine rings is 1. The van der Waals surface area contributed by atoms with Gasteiger partial charge in [-0.1, -0.05) is 35.4 Å². The first-order chi connectivity index (χ1) is 12.8. The van der Waals surface area contributed by atoms with Crippen molar-refractivity contribution in [1.29, 1.82) is 0 Å². The van der Waals surface area contributed by atoms with Crippen LogP contribution in [0.1, 0.15) is 30.8 Å². The molecule has 2 N–H and O–H groups in total. The lowest BCUT2D eigenvalue weighted by atomic mass is 10.1. The van der Waals surface area contributed by atoms with Crippen LogP contribution in [0.15, 0.2) is 30.3 Å². The van der Waals surface area contributed by atoms with Gasteiger partial charge in [-0.15, -0.1) is 5.10 Å². The molecule has 7 nitrogen and oxygen atoms in total. The molecule has 0 spiro atoms. The average Bonchev–Trinajstić information content (AvgIpc) is 3.10. The molecule has 0 amide bonds. The van der Waals surface area contributed by atoms with Crippen molar-refractivity contribution in [3.63, 3.8) is 0 Å². The second kappa shape index (κ2) is 9.66. The van der Waals surface area contributed by atoms with Crippen LogP contribution in [0.3, 0.4) is 0 Å². The molecule has 1 saturated heterocycles. The van der Waals surface area contributed by atoms with E-state index in [0.29, 0.717) is 12.6 Å². The van der Waals surface area contributed by atoms with Crippen molar-refractivity contribution in [2.45, 2.75) is 32.4 Å². The molecule has 1 aliphatic heterocycles. The fourth-order valence-corrected chi connectivity index (χ4v) is 3.21. The summed E-state index contributed by atoms with van der Waals surface area (Å²) in [5, 5.41) is 8.50. The predicted octanol–water partition coefficient (Wildman–Crippen LogP) is 1.64. The number of aromatic nitrogens is 3. The number of ether oxygens (including phenoxy) is 2. The standard InChI is InChI=1S/C19H29N5O2/c1-2-24-18(17(20)15-16-7-4-3-5-8-16)21-22-19(24)26-12-6-9-23-10-13-25-14-11-23/h3-5,7-8,17H,2,6,9-15,20H2,1H3/t17-/m1/s1. The van der Waals surface area contributed by atoms with E-state index in [1.54, 1.807) is 0 Å². The summed E-state index contributed by atoms with van der Waals surface area (Å²) in [6, 6.07) is 10.6. The third kappa shape index (κ3) is 5.03. The van der Waals surface area contributed by atoms with Gasteiger partial charge in [0.1, 0.15) is 0 Å². The van der Waals surface area contributed by atoms with E-state index < -0.39 is 0 Å². The molecule has 0 radical (unpaired) electrons. The van der Waals surface area contributed by atoms with E-state index in [0.717, 1.165) is 58.1 Å². The maximum atomic E-state index is 6.37. The number of hydrogen-bond acceptors (Lipinski definition) is 6. The molecule has 2 aromatic rings. The molecule has 0 aliphatic carbocycles. The van der Waals surface area contributed by atoms with Crippen molar-refractivity contribution < 1.29 is 9.47 Å². The second-order valence-electron chi connectivity index (χ2n) is 6.54. The molecule has 26 heavy (non-hydrogen) atoms. The molecule has 0 unspecified atom stereocenters. The van der Waals surface area contributed by atoms with Crippen LogP contribution in [0.4, 0.5) is 0 Å². The summed E-state index contributed by atoms with van der Waals surface area (Å²) in [5.74, 6) is 0.777. The average molecular weight is 359 g/mol. The summed E-state index contributed by atoms with van der Waals surface area (Å²) in [6.45, 7) is 8.11. The zero-order valence-corrected chi connectivity index (χ0v) is 15.5. The van der Waals surface area contributed by atoms with E-state index in [-0.39, 0.29) is 6.04 Å². The van der Waals surface area contributed by atoms with E-state index in [4.69, 9.17) is 15.2 Å². The molecule has 1 aromatic heterocycles. The van der Waals surface area contributed by atoms with Crippen LogP contribution in [-0.2, 0) is 17.7 Å². The zero-order valence-electron chi connectivity index (χ0n) is 15.5. The SMILES string of the molecule is CCn1c(OCCCN2CCOCC2)nnc1[C@H](N)Cc1ccccc1. The minimum Gasteiger partial charge on any atom is -0.464 e. The Bertz CT molecular complexity index is 655. The van der Waals surface area contributed by atoms with Gasteiger partial charge in [0.2, 0.25) is 0 Å². The van der Waals surface area contributed by atoms with E-state index in [9.17, 15) is 0 Å². The minimum absolute atomic E-state index is 0.199. The Hall–Kier alpha value is -1.96. The van der Waals surface area contributed by atoms with Crippen molar-refractivity contribution in [2.75, 3.05) is 39.5 Å². The quantitative estimate of drug-likeness (QED) is 0.686. The largest absolute Gasteiger partial charge is 0.464 e. The summed E-state index contributed by atoms with van der Waals surface area (Å²) in [4.78, 5) is 2.40. The van der Waals surface area contributed by atoms with Gasteiger partial charge in [0.05, 0.1) is 25.9 Å². The molecule has 142 valence electrons. The predicted molar refractivity (Wildman–Crippen MR) is 100 cm³/mol. The van der Waals surface area contributed by atoms with Crippen LogP contribution in [0.5, 0.6) is 6.01 Å². The van der Waals surface area contributed by atoms with Crippen molar-refractivity contribution in [2.24, 2.45) is 5.73 Å². The van der Waals surface area contributed by atoms with Crippen LogP contribution >= 0.6 is 0 Å². The minimum atomic E-state index is -0.199. The molecular formula is C19H29N5O2. The number of hydrogen-bond donors (Lipinski definition) is 1.